The molecular weight excluding hydrogens is 256 g/mol. The summed E-state index contributed by atoms with van der Waals surface area (Å²) in [5.41, 5.74) is 3.33. The Balaban J connectivity index is 3.04. The number of aryl methyl sites for hydroxylation is 1. The minimum Gasteiger partial charge on any atom is -0.388 e. The first-order valence-corrected chi connectivity index (χ1v) is 5.50. The van der Waals surface area contributed by atoms with E-state index in [0.29, 0.717) is 6.54 Å². The van der Waals surface area contributed by atoms with Crippen molar-refractivity contribution in [3.05, 3.63) is 27.7 Å². The molecule has 0 aliphatic rings. The number of amides is 1. The van der Waals surface area contributed by atoms with E-state index in [1.165, 1.54) is 5.56 Å². The molecule has 1 N–H and O–H groups in total. The van der Waals surface area contributed by atoms with E-state index in [1.54, 1.807) is 11.9 Å². The predicted octanol–water partition coefficient (Wildman–Crippen LogP) is 2.39. The second-order valence-corrected chi connectivity index (χ2v) is 4.38. The number of anilines is 1. The number of nitrogens with zero attached hydrogens (tertiary/aromatic N) is 1. The molecule has 1 rings (SSSR count). The maximum Gasteiger partial charge on any atom is 0.209 e. The van der Waals surface area contributed by atoms with Gasteiger partial charge in [-0.15, -0.1) is 0 Å². The fourth-order valence-corrected chi connectivity index (χ4v) is 1.75. The lowest BCUT2D eigenvalue weighted by atomic mass is 10.1. The van der Waals surface area contributed by atoms with Crippen LogP contribution < -0.4 is 5.32 Å². The first-order valence-electron chi connectivity index (χ1n) is 4.70. The highest BCUT2D eigenvalue weighted by atomic mass is 79.9. The molecular formula is C11H15BrN2O. The highest BCUT2D eigenvalue weighted by molar-refractivity contribution is 9.10. The van der Waals surface area contributed by atoms with E-state index in [-0.39, 0.29) is 0 Å². The van der Waals surface area contributed by atoms with Crippen LogP contribution in [0.3, 0.4) is 0 Å². The van der Waals surface area contributed by atoms with Crippen molar-refractivity contribution in [2.75, 3.05) is 19.4 Å². The van der Waals surface area contributed by atoms with Crippen LogP contribution in [-0.2, 0) is 11.3 Å². The van der Waals surface area contributed by atoms with Crippen molar-refractivity contribution in [1.29, 1.82) is 0 Å². The van der Waals surface area contributed by atoms with Gasteiger partial charge in [-0.05, 0) is 24.1 Å². The van der Waals surface area contributed by atoms with Crippen LogP contribution in [0.15, 0.2) is 16.6 Å². The molecule has 0 saturated heterocycles. The summed E-state index contributed by atoms with van der Waals surface area (Å²) in [6.45, 7) is 2.65. The molecule has 0 spiro atoms. The third-order valence-corrected chi connectivity index (χ3v) is 3.11. The standard InChI is InChI=1S/C11H15BrN2O/c1-8-4-9(6-14(3)7-15)11(13-2)5-10(8)12/h4-5,7,13H,6H2,1-3H3. The summed E-state index contributed by atoms with van der Waals surface area (Å²) in [6, 6.07) is 4.11. The molecule has 4 heteroatoms. The summed E-state index contributed by atoms with van der Waals surface area (Å²) in [7, 11) is 3.64. The number of rotatable bonds is 4. The predicted molar refractivity (Wildman–Crippen MR) is 66.0 cm³/mol. The van der Waals surface area contributed by atoms with E-state index in [9.17, 15) is 4.79 Å². The van der Waals surface area contributed by atoms with E-state index in [4.69, 9.17) is 0 Å². The van der Waals surface area contributed by atoms with Gasteiger partial charge in [0.2, 0.25) is 6.41 Å². The highest BCUT2D eigenvalue weighted by Crippen LogP contribution is 2.25. The minimum absolute atomic E-state index is 0.619. The van der Waals surface area contributed by atoms with Crippen molar-refractivity contribution in [3.8, 4) is 0 Å². The Bertz CT molecular complexity index is 366. The Morgan fingerprint density at radius 3 is 2.73 bits per heavy atom. The van der Waals surface area contributed by atoms with Gasteiger partial charge in [-0.3, -0.25) is 4.79 Å². The molecule has 0 aliphatic carbocycles. The average molecular weight is 271 g/mol. The zero-order chi connectivity index (χ0) is 11.4. The van der Waals surface area contributed by atoms with Crippen LogP contribution in [0.2, 0.25) is 0 Å². The van der Waals surface area contributed by atoms with Gasteiger partial charge in [0.05, 0.1) is 0 Å². The third kappa shape index (κ3) is 2.96. The summed E-state index contributed by atoms with van der Waals surface area (Å²) in [6.07, 6.45) is 0.830. The van der Waals surface area contributed by atoms with Crippen molar-refractivity contribution >= 4 is 28.0 Å². The van der Waals surface area contributed by atoms with E-state index >= 15 is 0 Å². The van der Waals surface area contributed by atoms with Crippen LogP contribution in [0, 0.1) is 6.92 Å². The topological polar surface area (TPSA) is 32.3 Å². The summed E-state index contributed by atoms with van der Waals surface area (Å²) >= 11 is 3.48. The third-order valence-electron chi connectivity index (χ3n) is 2.25. The van der Waals surface area contributed by atoms with Gasteiger partial charge in [0.25, 0.3) is 0 Å². The molecule has 0 aromatic heterocycles. The van der Waals surface area contributed by atoms with Gasteiger partial charge in [0.1, 0.15) is 0 Å². The second kappa shape index (κ2) is 5.16. The van der Waals surface area contributed by atoms with Crippen molar-refractivity contribution in [3.63, 3.8) is 0 Å². The van der Waals surface area contributed by atoms with Crippen LogP contribution >= 0.6 is 15.9 Å². The molecule has 1 aromatic carbocycles. The molecule has 15 heavy (non-hydrogen) atoms. The summed E-state index contributed by atoms with van der Waals surface area (Å²) < 4.78 is 1.07. The van der Waals surface area contributed by atoms with E-state index in [1.807, 2.05) is 20.0 Å². The largest absolute Gasteiger partial charge is 0.388 e. The van der Waals surface area contributed by atoms with Gasteiger partial charge in [-0.2, -0.15) is 0 Å². The molecule has 0 atom stereocenters. The molecule has 0 heterocycles. The number of halogens is 1. The molecule has 0 saturated carbocycles. The molecule has 82 valence electrons. The molecule has 3 nitrogen and oxygen atoms in total. The van der Waals surface area contributed by atoms with Gasteiger partial charge in [0.15, 0.2) is 0 Å². The van der Waals surface area contributed by atoms with Crippen molar-refractivity contribution < 1.29 is 4.79 Å². The maximum atomic E-state index is 10.6. The van der Waals surface area contributed by atoms with Gasteiger partial charge >= 0.3 is 0 Å². The lowest BCUT2D eigenvalue weighted by Gasteiger charge is -2.16. The van der Waals surface area contributed by atoms with Crippen LogP contribution in [0.25, 0.3) is 0 Å². The van der Waals surface area contributed by atoms with Gasteiger partial charge in [-0.1, -0.05) is 22.0 Å². The first kappa shape index (κ1) is 12.0. The Labute approximate surface area is 98.6 Å². The summed E-state index contributed by atoms with van der Waals surface area (Å²) in [5, 5.41) is 3.12. The number of carbonyl (C=O) groups is 1. The van der Waals surface area contributed by atoms with Crippen LogP contribution in [-0.4, -0.2) is 25.4 Å². The highest BCUT2D eigenvalue weighted by Gasteiger charge is 2.06. The molecule has 0 aliphatic heterocycles. The summed E-state index contributed by atoms with van der Waals surface area (Å²) in [4.78, 5) is 12.2. The van der Waals surface area contributed by atoms with Crippen molar-refractivity contribution in [1.82, 2.24) is 4.90 Å². The Hall–Kier alpha value is -1.03. The fourth-order valence-electron chi connectivity index (χ4n) is 1.41. The SMILES string of the molecule is CNc1cc(Br)c(C)cc1CN(C)C=O. The zero-order valence-corrected chi connectivity index (χ0v) is 10.8. The van der Waals surface area contributed by atoms with Crippen LogP contribution in [0.1, 0.15) is 11.1 Å². The Kier molecular flexibility index (Phi) is 4.15. The van der Waals surface area contributed by atoms with E-state index in [2.05, 4.69) is 27.3 Å². The Morgan fingerprint density at radius 2 is 2.20 bits per heavy atom. The van der Waals surface area contributed by atoms with E-state index in [0.717, 1.165) is 22.1 Å². The second-order valence-electron chi connectivity index (χ2n) is 3.53. The fraction of sp³-hybridized carbons (Fsp3) is 0.364. The molecule has 0 fully saturated rings. The maximum absolute atomic E-state index is 10.6. The lowest BCUT2D eigenvalue weighted by molar-refractivity contribution is -0.117. The normalized spacial score (nSPS) is 9.87. The van der Waals surface area contributed by atoms with Crippen LogP contribution in [0.4, 0.5) is 5.69 Å². The number of nitrogens with one attached hydrogen (secondary N) is 1. The molecule has 0 unspecified atom stereocenters. The number of carbonyl (C=O) groups excluding carboxylic acids is 1. The van der Waals surface area contributed by atoms with Gasteiger partial charge in [-0.25, -0.2) is 0 Å². The molecule has 0 bridgehead atoms. The van der Waals surface area contributed by atoms with E-state index < -0.39 is 0 Å². The Morgan fingerprint density at radius 1 is 1.53 bits per heavy atom. The monoisotopic (exact) mass is 270 g/mol. The zero-order valence-electron chi connectivity index (χ0n) is 9.17. The molecule has 0 radical (unpaired) electrons. The average Bonchev–Trinajstić information content (AvgIpc) is 2.22. The molecule has 1 aromatic rings. The first-order chi connectivity index (χ1) is 7.08. The van der Waals surface area contributed by atoms with Crippen LogP contribution in [0.5, 0.6) is 0 Å². The number of hydrogen-bond donors (Lipinski definition) is 1. The minimum atomic E-state index is 0.619. The van der Waals surface area contributed by atoms with Gasteiger partial charge < -0.3 is 10.2 Å². The molecule has 1 amide bonds. The summed E-state index contributed by atoms with van der Waals surface area (Å²) in [5.74, 6) is 0. The quantitative estimate of drug-likeness (QED) is 0.853. The lowest BCUT2D eigenvalue weighted by Crippen LogP contribution is -2.16. The number of hydrogen-bond acceptors (Lipinski definition) is 2. The van der Waals surface area contributed by atoms with Crippen molar-refractivity contribution in [2.24, 2.45) is 0 Å². The van der Waals surface area contributed by atoms with Gasteiger partial charge in [0, 0.05) is 30.8 Å². The number of benzene rings is 1. The van der Waals surface area contributed by atoms with Crippen molar-refractivity contribution in [2.45, 2.75) is 13.5 Å². The smallest absolute Gasteiger partial charge is 0.209 e.